The van der Waals surface area contributed by atoms with E-state index in [0.29, 0.717) is 12.2 Å². The molecule has 0 aromatic carbocycles. The van der Waals surface area contributed by atoms with Gasteiger partial charge in [-0.2, -0.15) is 0 Å². The van der Waals surface area contributed by atoms with Crippen molar-refractivity contribution in [2.45, 2.75) is 71.8 Å². The van der Waals surface area contributed by atoms with Gasteiger partial charge in [0.1, 0.15) is 5.78 Å². The lowest BCUT2D eigenvalue weighted by atomic mass is 9.80. The number of nitrogens with two attached hydrogens (primary N) is 2. The van der Waals surface area contributed by atoms with E-state index in [0.717, 1.165) is 32.2 Å². The first-order chi connectivity index (χ1) is 12.5. The zero-order valence-corrected chi connectivity index (χ0v) is 17.0. The van der Waals surface area contributed by atoms with Gasteiger partial charge in [0.25, 0.3) is 0 Å². The number of nitrogens with zero attached hydrogens (tertiary/aromatic N) is 1. The van der Waals surface area contributed by atoms with Crippen LogP contribution in [-0.2, 0) is 9.59 Å². The molecule has 3 atom stereocenters. The molecule has 0 aliphatic carbocycles. The highest BCUT2D eigenvalue weighted by Crippen LogP contribution is 2.31. The second kappa shape index (κ2) is 14.5. The molecule has 1 heterocycles. The van der Waals surface area contributed by atoms with Crippen LogP contribution in [-0.4, -0.2) is 35.7 Å². The number of amides is 1. The monoisotopic (exact) mass is 365 g/mol. The number of hydrogen-bond acceptors (Lipinski definition) is 4. The average molecular weight is 366 g/mol. The zero-order valence-electron chi connectivity index (χ0n) is 17.0. The SMILES string of the molecule is C=CN.CCCC/C=C\C(C)C(C(=O)CCC)C1CCCN1C(=O)CN. The molecule has 0 spiro atoms. The third-order valence-electron chi connectivity index (χ3n) is 4.81. The summed E-state index contributed by atoms with van der Waals surface area (Å²) in [6, 6.07) is 0.0240. The van der Waals surface area contributed by atoms with Crippen LogP contribution in [0.4, 0.5) is 0 Å². The minimum Gasteiger partial charge on any atom is -0.405 e. The molecule has 1 aliphatic heterocycles. The van der Waals surface area contributed by atoms with Crippen LogP contribution in [0.3, 0.4) is 0 Å². The van der Waals surface area contributed by atoms with Gasteiger partial charge in [0.05, 0.1) is 6.54 Å². The molecular formula is C21H39N3O2. The predicted molar refractivity (Wildman–Crippen MR) is 109 cm³/mol. The van der Waals surface area contributed by atoms with E-state index < -0.39 is 0 Å². The van der Waals surface area contributed by atoms with Gasteiger partial charge in [-0.1, -0.05) is 52.3 Å². The first-order valence-electron chi connectivity index (χ1n) is 9.99. The quantitative estimate of drug-likeness (QED) is 0.459. The normalized spacial score (nSPS) is 18.9. The maximum absolute atomic E-state index is 12.7. The lowest BCUT2D eigenvalue weighted by Gasteiger charge is -2.33. The van der Waals surface area contributed by atoms with E-state index in [-0.39, 0.29) is 30.3 Å². The Bertz CT molecular complexity index is 449. The summed E-state index contributed by atoms with van der Waals surface area (Å²) in [7, 11) is 0. The molecule has 150 valence electrons. The van der Waals surface area contributed by atoms with Gasteiger partial charge in [-0.25, -0.2) is 0 Å². The van der Waals surface area contributed by atoms with Gasteiger partial charge in [-0.15, -0.1) is 0 Å². The summed E-state index contributed by atoms with van der Waals surface area (Å²) in [4.78, 5) is 26.7. The van der Waals surface area contributed by atoms with Gasteiger partial charge in [0.15, 0.2) is 0 Å². The Morgan fingerprint density at radius 2 is 1.96 bits per heavy atom. The molecule has 5 heteroatoms. The molecule has 3 unspecified atom stereocenters. The van der Waals surface area contributed by atoms with Gasteiger partial charge in [0.2, 0.25) is 5.91 Å². The van der Waals surface area contributed by atoms with E-state index in [1.807, 2.05) is 11.8 Å². The number of allylic oxidation sites excluding steroid dienone is 2. The lowest BCUT2D eigenvalue weighted by molar-refractivity contribution is -0.134. The highest BCUT2D eigenvalue weighted by molar-refractivity contribution is 5.84. The molecule has 1 rings (SSSR count). The molecule has 26 heavy (non-hydrogen) atoms. The number of unbranched alkanes of at least 4 members (excludes halogenated alkanes) is 2. The molecule has 1 fully saturated rings. The lowest BCUT2D eigenvalue weighted by Crippen LogP contribution is -2.47. The fourth-order valence-corrected chi connectivity index (χ4v) is 3.62. The average Bonchev–Trinajstić information content (AvgIpc) is 3.08. The predicted octanol–water partition coefficient (Wildman–Crippen LogP) is 3.39. The summed E-state index contributed by atoms with van der Waals surface area (Å²) >= 11 is 0. The molecule has 1 amide bonds. The molecule has 1 saturated heterocycles. The van der Waals surface area contributed by atoms with Crippen molar-refractivity contribution in [1.29, 1.82) is 0 Å². The van der Waals surface area contributed by atoms with Crippen molar-refractivity contribution in [3.63, 3.8) is 0 Å². The molecule has 0 saturated carbocycles. The summed E-state index contributed by atoms with van der Waals surface area (Å²) in [6.45, 7) is 10.2. The highest BCUT2D eigenvalue weighted by Gasteiger charge is 2.39. The smallest absolute Gasteiger partial charge is 0.236 e. The summed E-state index contributed by atoms with van der Waals surface area (Å²) < 4.78 is 0. The maximum atomic E-state index is 12.7. The Morgan fingerprint density at radius 1 is 1.31 bits per heavy atom. The molecule has 4 N–H and O–H groups in total. The molecule has 1 aliphatic rings. The van der Waals surface area contributed by atoms with Gasteiger partial charge in [-0.3, -0.25) is 9.59 Å². The third-order valence-corrected chi connectivity index (χ3v) is 4.81. The fraction of sp³-hybridized carbons (Fsp3) is 0.714. The van der Waals surface area contributed by atoms with Crippen LogP contribution in [0.25, 0.3) is 0 Å². The summed E-state index contributed by atoms with van der Waals surface area (Å²) in [6.07, 6.45) is 12.4. The van der Waals surface area contributed by atoms with Gasteiger partial charge < -0.3 is 16.4 Å². The Labute approximate surface area is 159 Å². The molecule has 5 nitrogen and oxygen atoms in total. The van der Waals surface area contributed by atoms with Crippen molar-refractivity contribution in [2.24, 2.45) is 23.3 Å². The van der Waals surface area contributed by atoms with E-state index >= 15 is 0 Å². The van der Waals surface area contributed by atoms with E-state index in [1.165, 1.54) is 19.0 Å². The van der Waals surface area contributed by atoms with Crippen LogP contribution in [0.15, 0.2) is 24.9 Å². The van der Waals surface area contributed by atoms with Crippen LogP contribution >= 0.6 is 0 Å². The second-order valence-corrected chi connectivity index (χ2v) is 6.91. The first kappa shape index (κ1) is 24.4. The van der Waals surface area contributed by atoms with Crippen molar-refractivity contribution in [2.75, 3.05) is 13.1 Å². The molecule has 0 bridgehead atoms. The number of carbonyl (C=O) groups is 2. The fourth-order valence-electron chi connectivity index (χ4n) is 3.62. The number of likely N-dealkylation sites (tertiary alicyclic amines) is 1. The topological polar surface area (TPSA) is 89.4 Å². The molecule has 0 aromatic heterocycles. The number of carbonyl (C=O) groups excluding carboxylic acids is 2. The van der Waals surface area contributed by atoms with Crippen molar-refractivity contribution in [3.8, 4) is 0 Å². The Morgan fingerprint density at radius 3 is 2.50 bits per heavy atom. The number of Topliss-reactive ketones (excluding diaryl/α,β-unsaturated/α-hetero) is 1. The molecular weight excluding hydrogens is 326 g/mol. The number of ketones is 1. The number of rotatable bonds is 10. The summed E-state index contributed by atoms with van der Waals surface area (Å²) in [5, 5.41) is 0. The minimum atomic E-state index is -0.0918. The maximum Gasteiger partial charge on any atom is 0.236 e. The van der Waals surface area contributed by atoms with Crippen LogP contribution in [0.2, 0.25) is 0 Å². The molecule has 0 radical (unpaired) electrons. The van der Waals surface area contributed by atoms with E-state index in [2.05, 4.69) is 38.3 Å². The third kappa shape index (κ3) is 8.17. The first-order valence-corrected chi connectivity index (χ1v) is 9.99. The summed E-state index contributed by atoms with van der Waals surface area (Å²) in [5.74, 6) is 0.346. The minimum absolute atomic E-state index is 0.0240. The van der Waals surface area contributed by atoms with Gasteiger partial charge >= 0.3 is 0 Å². The Hall–Kier alpha value is -1.62. The van der Waals surface area contributed by atoms with Crippen LogP contribution in [0.5, 0.6) is 0 Å². The Balaban J connectivity index is 0.00000194. The van der Waals surface area contributed by atoms with E-state index in [4.69, 9.17) is 5.73 Å². The van der Waals surface area contributed by atoms with Gasteiger partial charge in [0, 0.05) is 24.9 Å². The van der Waals surface area contributed by atoms with Crippen LogP contribution < -0.4 is 11.5 Å². The standard InChI is InChI=1S/C19H34N2O2.C2H5N/c1-4-6-7-8-11-15(3)19(17(22)10-5-2)16-12-9-13-21(16)18(23)14-20;1-2-3/h8,11,15-16,19H,4-7,9-10,12-14,20H2,1-3H3;2H,1,3H2/b11-8-;. The van der Waals surface area contributed by atoms with Crippen molar-refractivity contribution < 1.29 is 9.59 Å². The molecule has 0 aromatic rings. The van der Waals surface area contributed by atoms with Crippen molar-refractivity contribution in [1.82, 2.24) is 4.90 Å². The zero-order chi connectivity index (χ0) is 19.9. The highest BCUT2D eigenvalue weighted by atomic mass is 16.2. The second-order valence-electron chi connectivity index (χ2n) is 6.91. The summed E-state index contributed by atoms with van der Waals surface area (Å²) in [5.41, 5.74) is 10.2. The van der Waals surface area contributed by atoms with E-state index in [9.17, 15) is 9.59 Å². The Kier molecular flexibility index (Phi) is 13.6. The van der Waals surface area contributed by atoms with Crippen LogP contribution in [0, 0.1) is 11.8 Å². The van der Waals surface area contributed by atoms with Crippen LogP contribution in [0.1, 0.15) is 65.7 Å². The van der Waals surface area contributed by atoms with Crippen molar-refractivity contribution in [3.05, 3.63) is 24.9 Å². The van der Waals surface area contributed by atoms with E-state index in [1.54, 1.807) is 0 Å². The van der Waals surface area contributed by atoms with Gasteiger partial charge in [-0.05, 0) is 37.8 Å². The largest absolute Gasteiger partial charge is 0.405 e. The van der Waals surface area contributed by atoms with Crippen molar-refractivity contribution >= 4 is 11.7 Å². The number of hydrogen-bond donors (Lipinski definition) is 2.